The van der Waals surface area contributed by atoms with E-state index in [0.717, 1.165) is 32.1 Å². The van der Waals surface area contributed by atoms with Crippen molar-refractivity contribution in [2.45, 2.75) is 129 Å². The summed E-state index contributed by atoms with van der Waals surface area (Å²) in [5.41, 5.74) is 0. The monoisotopic (exact) mass is 470 g/mol. The zero-order valence-electron chi connectivity index (χ0n) is 21.3. The molecule has 0 amide bonds. The van der Waals surface area contributed by atoms with Gasteiger partial charge in [-0.3, -0.25) is 4.48 Å². The zero-order chi connectivity index (χ0) is 25.3. The quantitative estimate of drug-likeness (QED) is 0.110. The smallest absolute Gasteiger partial charge is 0.362 e. The Morgan fingerprint density at radius 2 is 0.970 bits per heavy atom. The summed E-state index contributed by atoms with van der Waals surface area (Å²) in [6.07, 6.45) is 15.7. The maximum atomic E-state index is 12.2. The number of carbonyl (C=O) groups is 3. The Balaban J connectivity index is 5.17. The van der Waals surface area contributed by atoms with Gasteiger partial charge in [0.25, 0.3) is 0 Å². The number of quaternary nitrogens is 1. The van der Waals surface area contributed by atoms with Crippen LogP contribution in [0.25, 0.3) is 0 Å². The predicted octanol–water partition coefficient (Wildman–Crippen LogP) is 5.87. The highest BCUT2D eigenvalue weighted by Crippen LogP contribution is 2.32. The van der Waals surface area contributed by atoms with Crippen LogP contribution in [0.5, 0.6) is 0 Å². The van der Waals surface area contributed by atoms with E-state index in [4.69, 9.17) is 0 Å². The Hall–Kier alpha value is -1.89. The van der Waals surface area contributed by atoms with E-state index in [0.29, 0.717) is 6.42 Å². The van der Waals surface area contributed by atoms with Crippen molar-refractivity contribution in [3.8, 4) is 0 Å². The Kier molecular flexibility index (Phi) is 16.6. The average molecular weight is 471 g/mol. The van der Waals surface area contributed by atoms with Crippen LogP contribution in [0.15, 0.2) is 12.2 Å². The van der Waals surface area contributed by atoms with Crippen molar-refractivity contribution < 1.29 is 34.2 Å². The Morgan fingerprint density at radius 3 is 1.27 bits per heavy atom. The molecule has 0 radical (unpaired) electrons. The first-order valence-corrected chi connectivity index (χ1v) is 12.9. The van der Waals surface area contributed by atoms with Crippen LogP contribution in [0.4, 0.5) is 0 Å². The van der Waals surface area contributed by atoms with Crippen LogP contribution < -0.4 is 0 Å². The van der Waals surface area contributed by atoms with Gasteiger partial charge in [-0.1, -0.05) is 71.4 Å². The summed E-state index contributed by atoms with van der Waals surface area (Å²) in [7, 11) is 0. The molecule has 0 aromatic rings. The summed E-state index contributed by atoms with van der Waals surface area (Å²) in [4.78, 5) is 36.5. The van der Waals surface area contributed by atoms with E-state index in [9.17, 15) is 29.7 Å². The second-order valence-corrected chi connectivity index (χ2v) is 9.05. The molecule has 33 heavy (non-hydrogen) atoms. The van der Waals surface area contributed by atoms with Crippen LogP contribution in [0, 0.1) is 0 Å². The van der Waals surface area contributed by atoms with Gasteiger partial charge in [-0.15, -0.1) is 0 Å². The van der Waals surface area contributed by atoms with E-state index >= 15 is 0 Å². The largest absolute Gasteiger partial charge is 0.477 e. The number of unbranched alkanes of at least 4 members (excludes halogenated alkanes) is 9. The summed E-state index contributed by atoms with van der Waals surface area (Å²) in [5.74, 6) is -3.36. The maximum absolute atomic E-state index is 12.2. The van der Waals surface area contributed by atoms with Gasteiger partial charge in [0.05, 0.1) is 6.54 Å². The van der Waals surface area contributed by atoms with Gasteiger partial charge in [-0.25, -0.2) is 14.4 Å². The maximum Gasteiger partial charge on any atom is 0.362 e. The van der Waals surface area contributed by atoms with Crippen molar-refractivity contribution in [3.05, 3.63) is 12.2 Å². The molecule has 0 heterocycles. The second-order valence-electron chi connectivity index (χ2n) is 9.05. The Morgan fingerprint density at radius 1 is 0.636 bits per heavy atom. The predicted molar refractivity (Wildman–Crippen MR) is 131 cm³/mol. The van der Waals surface area contributed by atoms with Gasteiger partial charge in [-0.2, -0.15) is 0 Å². The molecule has 0 aromatic heterocycles. The molecule has 0 aliphatic heterocycles. The van der Waals surface area contributed by atoms with Crippen LogP contribution in [-0.4, -0.2) is 62.4 Å². The number of nitrogens with zero attached hydrogens (tertiary/aromatic N) is 1. The standard InChI is InChI=1S/C26H47NO6/c1-5-9-10-11-12-13-14-15-16-17-18-19-20-27(21(6-2)24(28)29,22(7-3)25(30)31)23(8-4)26(32)33/h5,9,21-23H,6-8,10-20H2,1-4H3,(H2-,28,29,30,31,32,33)/p+1/b9-5+. The molecule has 3 N–H and O–H groups in total. The summed E-state index contributed by atoms with van der Waals surface area (Å²) in [6, 6.07) is -3.18. The fourth-order valence-electron chi connectivity index (χ4n) is 5.33. The lowest BCUT2D eigenvalue weighted by atomic mass is 9.93. The van der Waals surface area contributed by atoms with E-state index in [-0.39, 0.29) is 25.8 Å². The van der Waals surface area contributed by atoms with E-state index in [2.05, 4.69) is 12.2 Å². The molecule has 0 aromatic carbocycles. The van der Waals surface area contributed by atoms with Gasteiger partial charge in [0.15, 0.2) is 18.1 Å². The third-order valence-corrected chi connectivity index (χ3v) is 6.91. The summed E-state index contributed by atoms with van der Waals surface area (Å²) in [5, 5.41) is 29.8. The number of rotatable bonds is 21. The number of carboxylic acid groups (broad SMARTS) is 3. The molecule has 0 fully saturated rings. The summed E-state index contributed by atoms with van der Waals surface area (Å²) < 4.78 is -0.407. The lowest BCUT2D eigenvalue weighted by Crippen LogP contribution is -2.72. The molecule has 0 rings (SSSR count). The van der Waals surface area contributed by atoms with E-state index < -0.39 is 40.5 Å². The highest BCUT2D eigenvalue weighted by Gasteiger charge is 2.55. The van der Waals surface area contributed by atoms with E-state index in [1.807, 2.05) is 6.92 Å². The molecule has 192 valence electrons. The molecule has 7 heteroatoms. The topological polar surface area (TPSA) is 112 Å². The number of hydrogen-bond acceptors (Lipinski definition) is 3. The molecule has 0 saturated heterocycles. The third-order valence-electron chi connectivity index (χ3n) is 6.91. The first-order valence-electron chi connectivity index (χ1n) is 12.9. The van der Waals surface area contributed by atoms with Gasteiger partial charge in [0.1, 0.15) is 0 Å². The Bertz CT molecular complexity index is 549. The van der Waals surface area contributed by atoms with Gasteiger partial charge in [0, 0.05) is 19.3 Å². The summed E-state index contributed by atoms with van der Waals surface area (Å²) >= 11 is 0. The van der Waals surface area contributed by atoms with Crippen molar-refractivity contribution in [3.63, 3.8) is 0 Å². The number of aliphatic carboxylic acids is 3. The molecule has 0 aliphatic carbocycles. The molecule has 0 spiro atoms. The fourth-order valence-corrected chi connectivity index (χ4v) is 5.33. The highest BCUT2D eigenvalue weighted by molar-refractivity contribution is 5.78. The minimum Gasteiger partial charge on any atom is -0.477 e. The van der Waals surface area contributed by atoms with Gasteiger partial charge >= 0.3 is 17.9 Å². The van der Waals surface area contributed by atoms with Crippen molar-refractivity contribution >= 4 is 17.9 Å². The van der Waals surface area contributed by atoms with Gasteiger partial charge in [0.2, 0.25) is 0 Å². The number of hydrogen-bond donors (Lipinski definition) is 3. The number of allylic oxidation sites excluding steroid dienone is 2. The van der Waals surface area contributed by atoms with E-state index in [1.54, 1.807) is 20.8 Å². The minimum absolute atomic E-state index is 0.191. The second kappa shape index (κ2) is 17.6. The van der Waals surface area contributed by atoms with E-state index in [1.165, 1.54) is 25.7 Å². The van der Waals surface area contributed by atoms with Crippen LogP contribution in [-0.2, 0) is 14.4 Å². The molecule has 0 saturated carbocycles. The first kappa shape index (κ1) is 31.1. The molecule has 3 atom stereocenters. The molecular weight excluding hydrogens is 422 g/mol. The third kappa shape index (κ3) is 9.86. The van der Waals surface area contributed by atoms with Crippen molar-refractivity contribution in [2.24, 2.45) is 0 Å². The fraction of sp³-hybridized carbons (Fsp3) is 0.808. The Labute approximate surface area is 200 Å². The SMILES string of the molecule is C/C=C/CCCCCCCCCCC[N+](C(CC)C(=O)O)(C(CC)C(=O)O)C(CC)C(=O)O. The van der Waals surface area contributed by atoms with Gasteiger partial charge in [-0.05, 0) is 32.6 Å². The minimum atomic E-state index is -1.12. The van der Waals surface area contributed by atoms with Crippen molar-refractivity contribution in [1.82, 2.24) is 0 Å². The molecule has 3 unspecified atom stereocenters. The average Bonchev–Trinajstić information content (AvgIpc) is 2.75. The normalized spacial score (nSPS) is 16.2. The lowest BCUT2D eigenvalue weighted by molar-refractivity contribution is -0.973. The molecule has 0 bridgehead atoms. The molecule has 7 nitrogen and oxygen atoms in total. The molecular formula is C26H48NO6+. The zero-order valence-corrected chi connectivity index (χ0v) is 21.3. The van der Waals surface area contributed by atoms with Crippen LogP contribution >= 0.6 is 0 Å². The van der Waals surface area contributed by atoms with Gasteiger partial charge < -0.3 is 15.3 Å². The molecule has 0 aliphatic rings. The first-order chi connectivity index (χ1) is 15.7. The van der Waals surface area contributed by atoms with Crippen LogP contribution in [0.1, 0.15) is 111 Å². The van der Waals surface area contributed by atoms with Crippen molar-refractivity contribution in [1.29, 1.82) is 0 Å². The summed E-state index contributed by atoms with van der Waals surface area (Å²) in [6.45, 7) is 7.40. The van der Waals surface area contributed by atoms with Crippen molar-refractivity contribution in [2.75, 3.05) is 6.54 Å². The lowest BCUT2D eigenvalue weighted by Gasteiger charge is -2.49. The number of carboxylic acids is 3. The van der Waals surface area contributed by atoms with Crippen LogP contribution in [0.2, 0.25) is 0 Å². The van der Waals surface area contributed by atoms with Crippen LogP contribution in [0.3, 0.4) is 0 Å². The highest BCUT2D eigenvalue weighted by atomic mass is 16.4.